The molecule has 0 aliphatic heterocycles. The summed E-state index contributed by atoms with van der Waals surface area (Å²) in [6.07, 6.45) is 3.48. The molecule has 1 aliphatic rings. The van der Waals surface area contributed by atoms with E-state index in [4.69, 9.17) is 16.3 Å². The molecule has 0 unspecified atom stereocenters. The quantitative estimate of drug-likeness (QED) is 0.240. The predicted octanol–water partition coefficient (Wildman–Crippen LogP) is 5.23. The lowest BCUT2D eigenvalue weighted by molar-refractivity contribution is -0.140. The highest BCUT2D eigenvalue weighted by Gasteiger charge is 2.33. The number of carbonyl (C=O) groups is 4. The zero-order valence-electron chi connectivity index (χ0n) is 19.6. The molecule has 2 amide bonds. The molecule has 0 heterocycles. The minimum atomic E-state index is -0.869. The second-order valence-corrected chi connectivity index (χ2v) is 9.06. The molecule has 2 rings (SSSR count). The third kappa shape index (κ3) is 7.06. The largest absolute Gasteiger partial charge is 0.468 e. The maximum Gasteiger partial charge on any atom is 0.334 e. The van der Waals surface area contributed by atoms with E-state index in [1.54, 1.807) is 6.92 Å². The SMILES string of the molecule is CCCCOC(=O)C1=C(C(=O)N(C(=O)CC)c2cc(SCC(=O)OC)c(Cl)cc2F)CCCC1. The monoisotopic (exact) mass is 513 g/mol. The zero-order chi connectivity index (χ0) is 25.3. The first-order valence-electron chi connectivity index (χ1n) is 11.2. The number of halogens is 2. The van der Waals surface area contributed by atoms with E-state index in [0.29, 0.717) is 30.6 Å². The number of rotatable bonds is 10. The van der Waals surface area contributed by atoms with Crippen molar-refractivity contribution in [3.63, 3.8) is 0 Å². The molecule has 0 fully saturated rings. The molecule has 0 atom stereocenters. The molecule has 0 saturated carbocycles. The first-order chi connectivity index (χ1) is 16.2. The average molecular weight is 514 g/mol. The Morgan fingerprint density at radius 3 is 2.41 bits per heavy atom. The molecule has 0 saturated heterocycles. The van der Waals surface area contributed by atoms with E-state index in [1.807, 2.05) is 6.92 Å². The molecule has 0 spiro atoms. The van der Waals surface area contributed by atoms with Crippen molar-refractivity contribution in [2.75, 3.05) is 24.4 Å². The Balaban J connectivity index is 2.49. The first kappa shape index (κ1) is 27.9. The number of hydrogen-bond acceptors (Lipinski definition) is 7. The maximum absolute atomic E-state index is 15.0. The van der Waals surface area contributed by atoms with Gasteiger partial charge in [0.2, 0.25) is 5.91 Å². The summed E-state index contributed by atoms with van der Waals surface area (Å²) in [5, 5.41) is 0.0311. The number of imide groups is 1. The molecular weight excluding hydrogens is 485 g/mol. The Hall–Kier alpha value is -2.39. The molecule has 0 bridgehead atoms. The van der Waals surface area contributed by atoms with Crippen LogP contribution in [0.15, 0.2) is 28.2 Å². The van der Waals surface area contributed by atoms with Crippen LogP contribution in [0, 0.1) is 5.82 Å². The minimum absolute atomic E-state index is 0.0311. The van der Waals surface area contributed by atoms with Crippen LogP contribution in [0.1, 0.15) is 58.8 Å². The molecular formula is C24H29ClFNO6S. The van der Waals surface area contributed by atoms with Crippen LogP contribution in [0.3, 0.4) is 0 Å². The van der Waals surface area contributed by atoms with Crippen molar-refractivity contribution in [2.24, 2.45) is 0 Å². The van der Waals surface area contributed by atoms with Gasteiger partial charge < -0.3 is 9.47 Å². The van der Waals surface area contributed by atoms with Gasteiger partial charge in [0.25, 0.3) is 5.91 Å². The topological polar surface area (TPSA) is 90.0 Å². The fourth-order valence-electron chi connectivity index (χ4n) is 3.41. The second-order valence-electron chi connectivity index (χ2n) is 7.64. The third-order valence-electron chi connectivity index (χ3n) is 5.27. The minimum Gasteiger partial charge on any atom is -0.468 e. The zero-order valence-corrected chi connectivity index (χ0v) is 21.2. The van der Waals surface area contributed by atoms with Gasteiger partial charge in [-0.05, 0) is 44.2 Å². The van der Waals surface area contributed by atoms with Gasteiger partial charge in [0, 0.05) is 22.5 Å². The van der Waals surface area contributed by atoms with Crippen molar-refractivity contribution in [1.29, 1.82) is 0 Å². The van der Waals surface area contributed by atoms with Crippen molar-refractivity contribution >= 4 is 52.8 Å². The van der Waals surface area contributed by atoms with E-state index < -0.39 is 29.6 Å². The van der Waals surface area contributed by atoms with Crippen molar-refractivity contribution in [3.8, 4) is 0 Å². The number of benzene rings is 1. The van der Waals surface area contributed by atoms with Gasteiger partial charge in [-0.1, -0.05) is 31.9 Å². The number of amides is 2. The summed E-state index contributed by atoms with van der Waals surface area (Å²) in [7, 11) is 1.24. The van der Waals surface area contributed by atoms with Crippen molar-refractivity contribution < 1.29 is 33.0 Å². The molecule has 1 aromatic rings. The van der Waals surface area contributed by atoms with Crippen LogP contribution in [0.25, 0.3) is 0 Å². The molecule has 186 valence electrons. The summed E-state index contributed by atoms with van der Waals surface area (Å²) in [6.45, 7) is 3.76. The maximum atomic E-state index is 15.0. The lowest BCUT2D eigenvalue weighted by Crippen LogP contribution is -2.39. The Morgan fingerprint density at radius 2 is 1.79 bits per heavy atom. The van der Waals surface area contributed by atoms with E-state index in [9.17, 15) is 23.6 Å². The Kier molecular flexibility index (Phi) is 11.0. The van der Waals surface area contributed by atoms with Crippen LogP contribution in [0.4, 0.5) is 10.1 Å². The van der Waals surface area contributed by atoms with E-state index in [0.717, 1.165) is 29.1 Å². The highest BCUT2D eigenvalue weighted by Crippen LogP contribution is 2.36. The predicted molar refractivity (Wildman–Crippen MR) is 128 cm³/mol. The fraction of sp³-hybridized carbons (Fsp3) is 0.500. The Labute approximate surface area is 208 Å². The summed E-state index contributed by atoms with van der Waals surface area (Å²) in [4.78, 5) is 51.6. The number of methoxy groups -OCH3 is 1. The van der Waals surface area contributed by atoms with Gasteiger partial charge >= 0.3 is 11.9 Å². The van der Waals surface area contributed by atoms with Gasteiger partial charge in [0.05, 0.1) is 30.2 Å². The number of carbonyl (C=O) groups excluding carboxylic acids is 4. The van der Waals surface area contributed by atoms with Crippen LogP contribution in [0.2, 0.25) is 5.02 Å². The summed E-state index contributed by atoms with van der Waals surface area (Å²) in [6, 6.07) is 2.26. The van der Waals surface area contributed by atoms with E-state index in [1.165, 1.54) is 13.2 Å². The summed E-state index contributed by atoms with van der Waals surface area (Å²) < 4.78 is 24.9. The van der Waals surface area contributed by atoms with Gasteiger partial charge in [-0.15, -0.1) is 11.8 Å². The first-order valence-corrected chi connectivity index (χ1v) is 12.6. The highest BCUT2D eigenvalue weighted by atomic mass is 35.5. The van der Waals surface area contributed by atoms with E-state index >= 15 is 0 Å². The van der Waals surface area contributed by atoms with Crippen LogP contribution in [0.5, 0.6) is 0 Å². The number of nitrogens with zero attached hydrogens (tertiary/aromatic N) is 1. The number of ether oxygens (including phenoxy) is 2. The van der Waals surface area contributed by atoms with Crippen molar-refractivity contribution in [2.45, 2.75) is 63.7 Å². The summed E-state index contributed by atoms with van der Waals surface area (Å²) in [5.41, 5.74) is 0.106. The highest BCUT2D eigenvalue weighted by molar-refractivity contribution is 8.00. The van der Waals surface area contributed by atoms with E-state index in [-0.39, 0.29) is 47.1 Å². The van der Waals surface area contributed by atoms with Crippen LogP contribution < -0.4 is 4.90 Å². The molecule has 0 radical (unpaired) electrons. The van der Waals surface area contributed by atoms with Gasteiger partial charge in [-0.25, -0.2) is 14.1 Å². The lowest BCUT2D eigenvalue weighted by Gasteiger charge is -2.26. The number of anilines is 1. The standard InChI is InChI=1S/C24H29ClFNO6S/c1-4-6-11-33-24(31)16-10-8-7-9-15(16)23(30)27(21(28)5-2)19-13-20(17(25)12-18(19)26)34-14-22(29)32-3/h12-13H,4-11,14H2,1-3H3. The number of unbranched alkanes of at least 4 members (excludes halogenated alkanes) is 1. The van der Waals surface area contributed by atoms with Gasteiger partial charge in [-0.2, -0.15) is 0 Å². The van der Waals surface area contributed by atoms with Crippen LogP contribution in [-0.4, -0.2) is 43.2 Å². The normalized spacial score (nSPS) is 13.4. The smallest absolute Gasteiger partial charge is 0.334 e. The van der Waals surface area contributed by atoms with Crippen molar-refractivity contribution in [3.05, 3.63) is 34.1 Å². The molecule has 34 heavy (non-hydrogen) atoms. The number of esters is 2. The van der Waals surface area contributed by atoms with E-state index in [2.05, 4.69) is 4.74 Å². The molecule has 7 nitrogen and oxygen atoms in total. The Bertz CT molecular complexity index is 980. The second kappa shape index (κ2) is 13.5. The van der Waals surface area contributed by atoms with Crippen LogP contribution in [-0.2, 0) is 28.7 Å². The summed E-state index contributed by atoms with van der Waals surface area (Å²) >= 11 is 7.12. The van der Waals surface area contributed by atoms with Gasteiger partial charge in [0.1, 0.15) is 5.82 Å². The lowest BCUT2D eigenvalue weighted by atomic mass is 9.90. The third-order valence-corrected chi connectivity index (χ3v) is 6.73. The number of hydrogen-bond donors (Lipinski definition) is 0. The Morgan fingerprint density at radius 1 is 1.12 bits per heavy atom. The molecule has 1 aromatic carbocycles. The molecule has 0 aromatic heterocycles. The van der Waals surface area contributed by atoms with Gasteiger partial charge in [-0.3, -0.25) is 14.4 Å². The average Bonchev–Trinajstić information content (AvgIpc) is 2.84. The summed E-state index contributed by atoms with van der Waals surface area (Å²) in [5.74, 6) is -3.43. The van der Waals surface area contributed by atoms with Crippen molar-refractivity contribution in [1.82, 2.24) is 0 Å². The van der Waals surface area contributed by atoms with Gasteiger partial charge in [0.15, 0.2) is 0 Å². The molecule has 0 N–H and O–H groups in total. The number of thioether (sulfide) groups is 1. The van der Waals surface area contributed by atoms with Crippen LogP contribution >= 0.6 is 23.4 Å². The molecule has 10 heteroatoms. The molecule has 1 aliphatic carbocycles. The fourth-order valence-corrected chi connectivity index (χ4v) is 4.51.